The van der Waals surface area contributed by atoms with Crippen molar-refractivity contribution in [2.45, 2.75) is 20.3 Å². The number of hydrogen-bond donors (Lipinski definition) is 2. The third-order valence-corrected chi connectivity index (χ3v) is 3.47. The Kier molecular flexibility index (Phi) is 5.36. The number of amides is 1. The van der Waals surface area contributed by atoms with Crippen molar-refractivity contribution in [2.24, 2.45) is 5.41 Å². The van der Waals surface area contributed by atoms with E-state index in [1.54, 1.807) is 25.1 Å². The number of carbonyl (C=O) groups is 1. The van der Waals surface area contributed by atoms with Crippen LogP contribution < -0.4 is 5.32 Å². The first-order valence-corrected chi connectivity index (χ1v) is 6.58. The highest BCUT2D eigenvalue weighted by Crippen LogP contribution is 2.21. The van der Waals surface area contributed by atoms with Gasteiger partial charge < -0.3 is 15.3 Å². The summed E-state index contributed by atoms with van der Waals surface area (Å²) >= 11 is 0. The summed E-state index contributed by atoms with van der Waals surface area (Å²) in [5.74, 6) is -0.0101. The van der Waals surface area contributed by atoms with E-state index in [-0.39, 0.29) is 17.9 Å². The fraction of sp³-hybridized carbons (Fsp3) is 0.533. The minimum absolute atomic E-state index is 0.0101. The second kappa shape index (κ2) is 6.57. The predicted molar refractivity (Wildman–Crippen MR) is 78.4 cm³/mol. The molecule has 0 aliphatic heterocycles. The van der Waals surface area contributed by atoms with Gasteiger partial charge in [0.05, 0.1) is 6.61 Å². The van der Waals surface area contributed by atoms with Gasteiger partial charge in [-0.25, -0.2) is 0 Å². The van der Waals surface area contributed by atoms with Gasteiger partial charge in [-0.2, -0.15) is 0 Å². The van der Waals surface area contributed by atoms with E-state index in [0.717, 1.165) is 12.1 Å². The maximum atomic E-state index is 11.9. The van der Waals surface area contributed by atoms with E-state index >= 15 is 0 Å². The van der Waals surface area contributed by atoms with Gasteiger partial charge in [0.15, 0.2) is 0 Å². The SMILES string of the molecule is CCC(C)(CO)CNc1cccc(C(=O)N(C)C)c1. The molecule has 1 aromatic carbocycles. The number of aliphatic hydroxyl groups excluding tert-OH is 1. The lowest BCUT2D eigenvalue weighted by atomic mass is 9.88. The van der Waals surface area contributed by atoms with E-state index < -0.39 is 0 Å². The first-order chi connectivity index (χ1) is 8.91. The van der Waals surface area contributed by atoms with Crippen LogP contribution in [0.25, 0.3) is 0 Å². The Morgan fingerprint density at radius 3 is 2.63 bits per heavy atom. The summed E-state index contributed by atoms with van der Waals surface area (Å²) in [4.78, 5) is 13.4. The Labute approximate surface area is 115 Å². The van der Waals surface area contributed by atoms with Crippen molar-refractivity contribution in [3.8, 4) is 0 Å². The normalized spacial score (nSPS) is 13.7. The van der Waals surface area contributed by atoms with E-state index in [1.807, 2.05) is 25.1 Å². The van der Waals surface area contributed by atoms with Gasteiger partial charge in [0.1, 0.15) is 0 Å². The maximum absolute atomic E-state index is 11.9. The zero-order valence-electron chi connectivity index (χ0n) is 12.2. The van der Waals surface area contributed by atoms with Crippen molar-refractivity contribution >= 4 is 11.6 Å². The van der Waals surface area contributed by atoms with Gasteiger partial charge in [-0.3, -0.25) is 4.79 Å². The molecule has 1 aromatic rings. The lowest BCUT2D eigenvalue weighted by molar-refractivity contribution is 0.0827. The van der Waals surface area contributed by atoms with Crippen molar-refractivity contribution in [3.05, 3.63) is 29.8 Å². The van der Waals surface area contributed by atoms with Crippen LogP contribution in [0.5, 0.6) is 0 Å². The van der Waals surface area contributed by atoms with Crippen LogP contribution in [0.2, 0.25) is 0 Å². The second-order valence-electron chi connectivity index (χ2n) is 5.46. The number of nitrogens with zero attached hydrogens (tertiary/aromatic N) is 1. The number of nitrogens with one attached hydrogen (secondary N) is 1. The van der Waals surface area contributed by atoms with Crippen molar-refractivity contribution in [1.82, 2.24) is 4.90 Å². The molecule has 1 rings (SSSR count). The molecule has 0 spiro atoms. The molecule has 0 saturated heterocycles. The van der Waals surface area contributed by atoms with Gasteiger partial charge in [-0.1, -0.05) is 19.9 Å². The molecular formula is C15H24N2O2. The third kappa shape index (κ3) is 4.24. The minimum Gasteiger partial charge on any atom is -0.396 e. The van der Waals surface area contributed by atoms with Crippen molar-refractivity contribution in [3.63, 3.8) is 0 Å². The molecule has 4 heteroatoms. The summed E-state index contributed by atoms with van der Waals surface area (Å²) < 4.78 is 0. The molecule has 1 amide bonds. The third-order valence-electron chi connectivity index (χ3n) is 3.47. The van der Waals surface area contributed by atoms with E-state index in [9.17, 15) is 9.90 Å². The first kappa shape index (κ1) is 15.5. The standard InChI is InChI=1S/C15H24N2O2/c1-5-15(2,11-18)10-16-13-8-6-7-12(9-13)14(19)17(3)4/h6-9,16,18H,5,10-11H2,1-4H3. The number of aliphatic hydroxyl groups is 1. The first-order valence-electron chi connectivity index (χ1n) is 6.58. The Morgan fingerprint density at radius 2 is 2.11 bits per heavy atom. The quantitative estimate of drug-likeness (QED) is 0.828. The largest absolute Gasteiger partial charge is 0.396 e. The molecule has 0 radical (unpaired) electrons. The smallest absolute Gasteiger partial charge is 0.253 e. The highest BCUT2D eigenvalue weighted by atomic mass is 16.3. The molecule has 0 bridgehead atoms. The molecule has 1 atom stereocenters. The van der Waals surface area contributed by atoms with Crippen LogP contribution in [-0.2, 0) is 0 Å². The zero-order chi connectivity index (χ0) is 14.5. The van der Waals surface area contributed by atoms with Crippen LogP contribution in [0.1, 0.15) is 30.6 Å². The molecule has 2 N–H and O–H groups in total. The average molecular weight is 264 g/mol. The molecule has 0 aliphatic carbocycles. The second-order valence-corrected chi connectivity index (χ2v) is 5.46. The molecule has 0 heterocycles. The Bertz CT molecular complexity index is 426. The number of carbonyl (C=O) groups excluding carboxylic acids is 1. The summed E-state index contributed by atoms with van der Waals surface area (Å²) in [5, 5.41) is 12.7. The van der Waals surface area contributed by atoms with Crippen LogP contribution in [0.4, 0.5) is 5.69 Å². The highest BCUT2D eigenvalue weighted by Gasteiger charge is 2.20. The average Bonchev–Trinajstić information content (AvgIpc) is 2.44. The van der Waals surface area contributed by atoms with E-state index in [4.69, 9.17) is 0 Å². The Balaban J connectivity index is 2.75. The zero-order valence-corrected chi connectivity index (χ0v) is 12.2. The fourth-order valence-electron chi connectivity index (χ4n) is 1.63. The van der Waals surface area contributed by atoms with Gasteiger partial charge in [-0.15, -0.1) is 0 Å². The van der Waals surface area contributed by atoms with Crippen LogP contribution in [-0.4, -0.2) is 43.2 Å². The monoisotopic (exact) mass is 264 g/mol. The molecule has 1 unspecified atom stereocenters. The molecular weight excluding hydrogens is 240 g/mol. The van der Waals surface area contributed by atoms with Gasteiger partial charge in [0.25, 0.3) is 5.91 Å². The molecule has 19 heavy (non-hydrogen) atoms. The number of rotatable bonds is 6. The minimum atomic E-state index is -0.137. The van der Waals surface area contributed by atoms with Crippen LogP contribution in [0.3, 0.4) is 0 Å². The lowest BCUT2D eigenvalue weighted by Crippen LogP contribution is -2.29. The summed E-state index contributed by atoms with van der Waals surface area (Å²) in [6.07, 6.45) is 0.896. The molecule has 106 valence electrons. The van der Waals surface area contributed by atoms with Crippen molar-refractivity contribution < 1.29 is 9.90 Å². The fourth-order valence-corrected chi connectivity index (χ4v) is 1.63. The summed E-state index contributed by atoms with van der Waals surface area (Å²) in [6.45, 7) is 4.92. The van der Waals surface area contributed by atoms with Crippen molar-refractivity contribution in [1.29, 1.82) is 0 Å². The highest BCUT2D eigenvalue weighted by molar-refractivity contribution is 5.94. The molecule has 4 nitrogen and oxygen atoms in total. The molecule has 0 saturated carbocycles. The van der Waals surface area contributed by atoms with Crippen molar-refractivity contribution in [2.75, 3.05) is 32.6 Å². The van der Waals surface area contributed by atoms with Gasteiger partial charge in [0, 0.05) is 37.3 Å². The summed E-state index contributed by atoms with van der Waals surface area (Å²) in [5.41, 5.74) is 1.43. The topological polar surface area (TPSA) is 52.6 Å². The van der Waals surface area contributed by atoms with Crippen LogP contribution in [0.15, 0.2) is 24.3 Å². The number of anilines is 1. The molecule has 0 aromatic heterocycles. The maximum Gasteiger partial charge on any atom is 0.253 e. The Hall–Kier alpha value is -1.55. The number of benzene rings is 1. The summed E-state index contributed by atoms with van der Waals surface area (Å²) in [7, 11) is 3.48. The summed E-state index contributed by atoms with van der Waals surface area (Å²) in [6, 6.07) is 7.44. The lowest BCUT2D eigenvalue weighted by Gasteiger charge is -2.26. The van der Waals surface area contributed by atoms with Crippen LogP contribution >= 0.6 is 0 Å². The van der Waals surface area contributed by atoms with Crippen LogP contribution in [0, 0.1) is 5.41 Å². The predicted octanol–water partition coefficient (Wildman–Crippen LogP) is 2.21. The van der Waals surface area contributed by atoms with Gasteiger partial charge >= 0.3 is 0 Å². The van der Waals surface area contributed by atoms with Gasteiger partial charge in [-0.05, 0) is 24.6 Å². The molecule has 0 fully saturated rings. The van der Waals surface area contributed by atoms with E-state index in [2.05, 4.69) is 12.2 Å². The van der Waals surface area contributed by atoms with Gasteiger partial charge in [0.2, 0.25) is 0 Å². The van der Waals surface area contributed by atoms with E-state index in [1.165, 1.54) is 0 Å². The Morgan fingerprint density at radius 1 is 1.42 bits per heavy atom. The number of hydrogen-bond acceptors (Lipinski definition) is 3. The van der Waals surface area contributed by atoms with E-state index in [0.29, 0.717) is 12.1 Å². The molecule has 0 aliphatic rings.